The number of nitrogens with one attached hydrogen (secondary N) is 2. The summed E-state index contributed by atoms with van der Waals surface area (Å²) in [5, 5.41) is 3.38. The molecule has 0 bridgehead atoms. The fourth-order valence-corrected chi connectivity index (χ4v) is 3.63. The second-order valence-corrected chi connectivity index (χ2v) is 7.49. The van der Waals surface area contributed by atoms with Gasteiger partial charge in [0.05, 0.1) is 4.90 Å². The Morgan fingerprint density at radius 2 is 2.05 bits per heavy atom. The molecule has 1 aliphatic carbocycles. The molecule has 0 aromatic heterocycles. The van der Waals surface area contributed by atoms with Crippen LogP contribution in [0.25, 0.3) is 0 Å². The summed E-state index contributed by atoms with van der Waals surface area (Å²) in [6.07, 6.45) is 4.39. The third kappa shape index (κ3) is 4.80. The van der Waals surface area contributed by atoms with Crippen molar-refractivity contribution in [3.05, 3.63) is 29.8 Å². The fraction of sp³-hybridized carbons (Fsp3) is 0.625. The van der Waals surface area contributed by atoms with E-state index in [9.17, 15) is 8.42 Å². The van der Waals surface area contributed by atoms with Gasteiger partial charge in [-0.05, 0) is 43.0 Å². The summed E-state index contributed by atoms with van der Waals surface area (Å²) in [5.41, 5.74) is 1.03. The molecular formula is C16H26N2O2S. The summed E-state index contributed by atoms with van der Waals surface area (Å²) in [6, 6.07) is 7.47. The van der Waals surface area contributed by atoms with Crippen molar-refractivity contribution < 1.29 is 8.42 Å². The first-order valence-corrected chi connectivity index (χ1v) is 9.38. The Kier molecular flexibility index (Phi) is 5.79. The van der Waals surface area contributed by atoms with Crippen LogP contribution in [-0.4, -0.2) is 21.5 Å². The Bertz CT molecular complexity index is 553. The lowest BCUT2D eigenvalue weighted by atomic mass is 10.0. The summed E-state index contributed by atoms with van der Waals surface area (Å²) < 4.78 is 27.4. The number of benzene rings is 1. The first-order chi connectivity index (χ1) is 10.1. The molecule has 21 heavy (non-hydrogen) atoms. The molecule has 1 aromatic carbocycles. The smallest absolute Gasteiger partial charge is 0.240 e. The minimum atomic E-state index is -3.39. The summed E-state index contributed by atoms with van der Waals surface area (Å²) in [7, 11) is -3.39. The lowest BCUT2D eigenvalue weighted by molar-refractivity contribution is 0.535. The van der Waals surface area contributed by atoms with Crippen molar-refractivity contribution in [1.29, 1.82) is 0 Å². The lowest BCUT2D eigenvalue weighted by Gasteiger charge is -2.17. The van der Waals surface area contributed by atoms with Gasteiger partial charge in [0, 0.05) is 12.6 Å². The number of hydrogen-bond acceptors (Lipinski definition) is 3. The van der Waals surface area contributed by atoms with Crippen LogP contribution in [0.5, 0.6) is 0 Å². The zero-order valence-corrected chi connectivity index (χ0v) is 13.7. The quantitative estimate of drug-likeness (QED) is 0.737. The van der Waals surface area contributed by atoms with Crippen molar-refractivity contribution in [2.75, 3.05) is 13.1 Å². The van der Waals surface area contributed by atoms with E-state index in [-0.39, 0.29) is 6.04 Å². The Morgan fingerprint density at radius 1 is 1.29 bits per heavy atom. The monoisotopic (exact) mass is 310 g/mol. The Morgan fingerprint density at radius 3 is 2.67 bits per heavy atom. The molecule has 1 fully saturated rings. The normalized spacial score (nSPS) is 16.9. The van der Waals surface area contributed by atoms with Crippen molar-refractivity contribution in [2.45, 2.75) is 50.5 Å². The molecule has 4 nitrogen and oxygen atoms in total. The highest BCUT2D eigenvalue weighted by atomic mass is 32.2. The summed E-state index contributed by atoms with van der Waals surface area (Å²) >= 11 is 0. The molecule has 0 amide bonds. The molecule has 5 heteroatoms. The van der Waals surface area contributed by atoms with E-state index in [0.717, 1.165) is 30.9 Å². The van der Waals surface area contributed by atoms with E-state index in [1.807, 2.05) is 12.1 Å². The minimum Gasteiger partial charge on any atom is -0.310 e. The van der Waals surface area contributed by atoms with Gasteiger partial charge >= 0.3 is 0 Å². The van der Waals surface area contributed by atoms with Gasteiger partial charge in [0.2, 0.25) is 10.0 Å². The predicted molar refractivity (Wildman–Crippen MR) is 85.7 cm³/mol. The van der Waals surface area contributed by atoms with Crippen LogP contribution in [0.1, 0.15) is 51.1 Å². The molecular weight excluding hydrogens is 284 g/mol. The van der Waals surface area contributed by atoms with Gasteiger partial charge in [-0.25, -0.2) is 13.1 Å². The van der Waals surface area contributed by atoms with Crippen molar-refractivity contribution in [2.24, 2.45) is 5.92 Å². The van der Waals surface area contributed by atoms with Gasteiger partial charge in [-0.2, -0.15) is 0 Å². The first-order valence-electron chi connectivity index (χ1n) is 7.89. The molecule has 0 radical (unpaired) electrons. The van der Waals surface area contributed by atoms with Gasteiger partial charge in [-0.1, -0.05) is 38.8 Å². The molecule has 1 aliphatic rings. The van der Waals surface area contributed by atoms with E-state index in [0.29, 0.717) is 11.4 Å². The van der Waals surface area contributed by atoms with E-state index in [1.165, 1.54) is 12.8 Å². The summed E-state index contributed by atoms with van der Waals surface area (Å²) in [5.74, 6) is 0.734. The molecule has 1 saturated carbocycles. The summed E-state index contributed by atoms with van der Waals surface area (Å²) in [4.78, 5) is 0.368. The molecule has 1 aromatic rings. The van der Waals surface area contributed by atoms with Crippen molar-refractivity contribution in [3.63, 3.8) is 0 Å². The second kappa shape index (κ2) is 7.38. The van der Waals surface area contributed by atoms with E-state index in [1.54, 1.807) is 12.1 Å². The largest absolute Gasteiger partial charge is 0.310 e. The number of hydrogen-bond donors (Lipinski definition) is 2. The maximum absolute atomic E-state index is 12.3. The molecule has 0 heterocycles. The third-order valence-electron chi connectivity index (χ3n) is 3.97. The number of rotatable bonds is 9. The first kappa shape index (κ1) is 16.5. The van der Waals surface area contributed by atoms with Gasteiger partial charge in [-0.15, -0.1) is 0 Å². The average Bonchev–Trinajstić information content (AvgIpc) is 3.29. The van der Waals surface area contributed by atoms with E-state index in [2.05, 4.69) is 23.9 Å². The topological polar surface area (TPSA) is 58.2 Å². The molecule has 2 rings (SSSR count). The van der Waals surface area contributed by atoms with Crippen molar-refractivity contribution >= 4 is 10.0 Å². The van der Waals surface area contributed by atoms with Crippen LogP contribution in [0.15, 0.2) is 29.2 Å². The molecule has 118 valence electrons. The van der Waals surface area contributed by atoms with Crippen LogP contribution in [0.3, 0.4) is 0 Å². The molecule has 1 unspecified atom stereocenters. The van der Waals surface area contributed by atoms with E-state index < -0.39 is 10.0 Å². The van der Waals surface area contributed by atoms with Crippen molar-refractivity contribution in [3.8, 4) is 0 Å². The minimum absolute atomic E-state index is 0.205. The van der Waals surface area contributed by atoms with Gasteiger partial charge < -0.3 is 5.32 Å². The Hall–Kier alpha value is -0.910. The molecule has 0 aliphatic heterocycles. The van der Waals surface area contributed by atoms with Gasteiger partial charge in [0.1, 0.15) is 0 Å². The van der Waals surface area contributed by atoms with Crippen LogP contribution in [0, 0.1) is 5.92 Å². The van der Waals surface area contributed by atoms with Crippen LogP contribution < -0.4 is 10.0 Å². The van der Waals surface area contributed by atoms with E-state index in [4.69, 9.17) is 0 Å². The zero-order valence-electron chi connectivity index (χ0n) is 12.9. The fourth-order valence-electron chi connectivity index (χ4n) is 2.53. The SMILES string of the molecule is CCNC(CC)c1cccc(S(=O)(=O)NCCC2CC2)c1. The number of sulfonamides is 1. The maximum Gasteiger partial charge on any atom is 0.240 e. The molecule has 1 atom stereocenters. The van der Waals surface area contributed by atoms with Crippen LogP contribution in [-0.2, 0) is 10.0 Å². The average molecular weight is 310 g/mol. The van der Waals surface area contributed by atoms with Gasteiger partial charge in [0.25, 0.3) is 0 Å². The highest BCUT2D eigenvalue weighted by molar-refractivity contribution is 7.89. The highest BCUT2D eigenvalue weighted by Crippen LogP contribution is 2.31. The second-order valence-electron chi connectivity index (χ2n) is 5.72. The van der Waals surface area contributed by atoms with Gasteiger partial charge in [0.15, 0.2) is 0 Å². The van der Waals surface area contributed by atoms with Crippen LogP contribution in [0.4, 0.5) is 0 Å². The Labute approximate surface area is 128 Å². The van der Waals surface area contributed by atoms with E-state index >= 15 is 0 Å². The molecule has 2 N–H and O–H groups in total. The lowest BCUT2D eigenvalue weighted by Crippen LogP contribution is -2.26. The van der Waals surface area contributed by atoms with Gasteiger partial charge in [-0.3, -0.25) is 0 Å². The standard InChI is InChI=1S/C16H26N2O2S/c1-3-16(17-4-2)14-6-5-7-15(12-14)21(19,20)18-11-10-13-8-9-13/h5-7,12-13,16-18H,3-4,8-11H2,1-2H3. The maximum atomic E-state index is 12.3. The van der Waals surface area contributed by atoms with Crippen LogP contribution >= 0.6 is 0 Å². The molecule has 0 saturated heterocycles. The van der Waals surface area contributed by atoms with Crippen LogP contribution in [0.2, 0.25) is 0 Å². The Balaban J connectivity index is 2.06. The zero-order chi connectivity index (χ0) is 15.3. The van der Waals surface area contributed by atoms with Crippen molar-refractivity contribution in [1.82, 2.24) is 10.0 Å². The predicted octanol–water partition coefficient (Wildman–Crippen LogP) is 2.83. The molecule has 0 spiro atoms. The summed E-state index contributed by atoms with van der Waals surface area (Å²) in [6.45, 7) is 5.57. The highest BCUT2D eigenvalue weighted by Gasteiger charge is 2.22. The third-order valence-corrected chi connectivity index (χ3v) is 5.43.